The summed E-state index contributed by atoms with van der Waals surface area (Å²) in [6, 6.07) is 5.64. The van der Waals surface area contributed by atoms with Gasteiger partial charge in [-0.2, -0.15) is 4.99 Å². The van der Waals surface area contributed by atoms with Gasteiger partial charge >= 0.3 is 5.97 Å². The van der Waals surface area contributed by atoms with Gasteiger partial charge in [0.15, 0.2) is 15.0 Å². The fourth-order valence-corrected chi connectivity index (χ4v) is 7.26. The number of anilines is 1. The van der Waals surface area contributed by atoms with Gasteiger partial charge < -0.3 is 10.0 Å². The van der Waals surface area contributed by atoms with Crippen molar-refractivity contribution in [1.82, 2.24) is 0 Å². The molecule has 0 aromatic heterocycles. The highest BCUT2D eigenvalue weighted by molar-refractivity contribution is 8.16. The Labute approximate surface area is 156 Å². The molecule has 26 heavy (non-hydrogen) atoms. The standard InChI is InChI=1S/C17H20N2O5S2/c1-10-5-11(2)7-12(6-10)19-13-8-26(23,24)9-14(13)25-17(19)18-15(20)3-4-16(21)22/h5-7,13-14H,3-4,8-9H2,1-2H3,(H,21,22)/t13-,14-/m1/s1. The number of sulfone groups is 1. The van der Waals surface area contributed by atoms with E-state index in [9.17, 15) is 18.0 Å². The third-order valence-corrected chi connectivity index (χ3v) is 7.53. The lowest BCUT2D eigenvalue weighted by Crippen LogP contribution is -2.37. The van der Waals surface area contributed by atoms with E-state index in [-0.39, 0.29) is 35.6 Å². The van der Waals surface area contributed by atoms with Crippen LogP contribution in [-0.4, -0.2) is 53.4 Å². The Morgan fingerprint density at radius 3 is 2.46 bits per heavy atom. The second-order valence-corrected chi connectivity index (χ2v) is 10.1. The SMILES string of the molecule is Cc1cc(C)cc(N2C(=NC(=O)CCC(=O)O)S[C@@H]3CS(=O)(=O)C[C@H]32)c1. The van der Waals surface area contributed by atoms with Gasteiger partial charge in [0.25, 0.3) is 0 Å². The summed E-state index contributed by atoms with van der Waals surface area (Å²) in [7, 11) is -3.12. The van der Waals surface area contributed by atoms with Gasteiger partial charge in [-0.25, -0.2) is 8.42 Å². The highest BCUT2D eigenvalue weighted by Gasteiger charge is 2.49. The van der Waals surface area contributed by atoms with E-state index in [0.717, 1.165) is 16.8 Å². The lowest BCUT2D eigenvalue weighted by Gasteiger charge is -2.25. The Morgan fingerprint density at radius 2 is 1.85 bits per heavy atom. The zero-order chi connectivity index (χ0) is 19.1. The number of fused-ring (bicyclic) bond motifs is 1. The molecule has 0 spiro atoms. The number of aryl methyl sites for hydroxylation is 2. The molecule has 1 aromatic carbocycles. The number of aliphatic imine (C=N–C) groups is 1. The van der Waals surface area contributed by atoms with Gasteiger partial charge in [-0.05, 0) is 37.1 Å². The molecule has 2 atom stereocenters. The third kappa shape index (κ3) is 4.09. The van der Waals surface area contributed by atoms with Crippen LogP contribution in [0.4, 0.5) is 5.69 Å². The molecular weight excluding hydrogens is 376 g/mol. The normalized spacial score (nSPS) is 25.5. The molecule has 3 rings (SSSR count). The number of carbonyl (C=O) groups excluding carboxylic acids is 1. The fraction of sp³-hybridized carbons (Fsp3) is 0.471. The summed E-state index contributed by atoms with van der Waals surface area (Å²) in [4.78, 5) is 28.6. The van der Waals surface area contributed by atoms with E-state index < -0.39 is 21.7 Å². The zero-order valence-corrected chi connectivity index (χ0v) is 16.1. The van der Waals surface area contributed by atoms with Crippen molar-refractivity contribution in [3.05, 3.63) is 29.3 Å². The fourth-order valence-electron chi connectivity index (χ4n) is 3.33. The summed E-state index contributed by atoms with van der Waals surface area (Å²) in [6.45, 7) is 3.91. The van der Waals surface area contributed by atoms with Crippen LogP contribution in [0.5, 0.6) is 0 Å². The van der Waals surface area contributed by atoms with Crippen LogP contribution in [-0.2, 0) is 19.4 Å². The van der Waals surface area contributed by atoms with E-state index in [1.807, 2.05) is 36.9 Å². The van der Waals surface area contributed by atoms with Crippen molar-refractivity contribution < 1.29 is 23.1 Å². The Kier molecular flexibility index (Phi) is 5.12. The summed E-state index contributed by atoms with van der Waals surface area (Å²) in [5.41, 5.74) is 2.88. The molecule has 140 valence electrons. The Balaban J connectivity index is 1.96. The molecule has 9 heteroatoms. The first-order valence-corrected chi connectivity index (χ1v) is 10.9. The molecule has 2 fully saturated rings. The number of benzene rings is 1. The minimum absolute atomic E-state index is 0.0278. The molecule has 0 radical (unpaired) electrons. The summed E-state index contributed by atoms with van der Waals surface area (Å²) < 4.78 is 24.1. The van der Waals surface area contributed by atoms with Crippen LogP contribution in [0, 0.1) is 13.8 Å². The minimum Gasteiger partial charge on any atom is -0.481 e. The lowest BCUT2D eigenvalue weighted by molar-refractivity contribution is -0.138. The molecule has 1 amide bonds. The highest BCUT2D eigenvalue weighted by atomic mass is 32.2. The quantitative estimate of drug-likeness (QED) is 0.827. The molecule has 0 bridgehead atoms. The van der Waals surface area contributed by atoms with Gasteiger partial charge in [-0.3, -0.25) is 9.59 Å². The number of thioether (sulfide) groups is 1. The maximum absolute atomic E-state index is 12.1. The lowest BCUT2D eigenvalue weighted by atomic mass is 10.1. The minimum atomic E-state index is -3.12. The Bertz CT molecular complexity index is 874. The summed E-state index contributed by atoms with van der Waals surface area (Å²) >= 11 is 1.29. The highest BCUT2D eigenvalue weighted by Crippen LogP contribution is 2.41. The maximum atomic E-state index is 12.1. The summed E-state index contributed by atoms with van der Waals surface area (Å²) in [6.07, 6.45) is -0.446. The van der Waals surface area contributed by atoms with E-state index in [4.69, 9.17) is 5.11 Å². The van der Waals surface area contributed by atoms with Crippen molar-refractivity contribution >= 4 is 44.3 Å². The summed E-state index contributed by atoms with van der Waals surface area (Å²) in [5.74, 6) is -1.47. The molecule has 1 N–H and O–H groups in total. The number of carboxylic acids is 1. The van der Waals surface area contributed by atoms with Crippen molar-refractivity contribution in [1.29, 1.82) is 0 Å². The van der Waals surface area contributed by atoms with Crippen molar-refractivity contribution in [2.75, 3.05) is 16.4 Å². The van der Waals surface area contributed by atoms with E-state index in [0.29, 0.717) is 5.17 Å². The molecule has 2 aliphatic heterocycles. The predicted octanol–water partition coefficient (Wildman–Crippen LogP) is 1.77. The topological polar surface area (TPSA) is 104 Å². The molecule has 0 aliphatic carbocycles. The van der Waals surface area contributed by atoms with Crippen LogP contribution < -0.4 is 4.90 Å². The van der Waals surface area contributed by atoms with E-state index in [1.165, 1.54) is 11.8 Å². The monoisotopic (exact) mass is 396 g/mol. The first-order chi connectivity index (χ1) is 12.1. The number of aliphatic carboxylic acids is 1. The van der Waals surface area contributed by atoms with Gasteiger partial charge in [0.05, 0.1) is 24.0 Å². The molecular formula is C17H20N2O5S2. The smallest absolute Gasteiger partial charge is 0.303 e. The van der Waals surface area contributed by atoms with Gasteiger partial charge in [-0.15, -0.1) is 0 Å². The number of hydrogen-bond acceptors (Lipinski definition) is 5. The van der Waals surface area contributed by atoms with Crippen molar-refractivity contribution in [2.45, 2.75) is 38.0 Å². The first kappa shape index (κ1) is 18.9. The number of hydrogen-bond donors (Lipinski definition) is 1. The average molecular weight is 396 g/mol. The molecule has 2 heterocycles. The largest absolute Gasteiger partial charge is 0.481 e. The van der Waals surface area contributed by atoms with Crippen LogP contribution in [0.25, 0.3) is 0 Å². The molecule has 7 nitrogen and oxygen atoms in total. The molecule has 0 unspecified atom stereocenters. The van der Waals surface area contributed by atoms with Crippen LogP contribution in [0.1, 0.15) is 24.0 Å². The maximum Gasteiger partial charge on any atom is 0.303 e. The van der Waals surface area contributed by atoms with Crippen LogP contribution in [0.2, 0.25) is 0 Å². The van der Waals surface area contributed by atoms with Crippen molar-refractivity contribution in [3.8, 4) is 0 Å². The molecule has 0 saturated carbocycles. The van der Waals surface area contributed by atoms with Gasteiger partial charge in [0, 0.05) is 17.4 Å². The molecule has 2 aliphatic rings. The third-order valence-electron chi connectivity index (χ3n) is 4.32. The number of carbonyl (C=O) groups is 2. The van der Waals surface area contributed by atoms with E-state index >= 15 is 0 Å². The van der Waals surface area contributed by atoms with Gasteiger partial charge in [-0.1, -0.05) is 17.8 Å². The number of carboxylic acid groups (broad SMARTS) is 1. The molecule has 1 aromatic rings. The average Bonchev–Trinajstić information content (AvgIpc) is 2.94. The van der Waals surface area contributed by atoms with Crippen molar-refractivity contribution in [2.24, 2.45) is 4.99 Å². The van der Waals surface area contributed by atoms with Crippen LogP contribution >= 0.6 is 11.8 Å². The van der Waals surface area contributed by atoms with Gasteiger partial charge in [0.1, 0.15) is 0 Å². The zero-order valence-electron chi connectivity index (χ0n) is 14.5. The Hall–Kier alpha value is -1.87. The van der Waals surface area contributed by atoms with Crippen LogP contribution in [0.15, 0.2) is 23.2 Å². The van der Waals surface area contributed by atoms with Gasteiger partial charge in [0.2, 0.25) is 5.91 Å². The number of rotatable bonds is 4. The predicted molar refractivity (Wildman–Crippen MR) is 102 cm³/mol. The van der Waals surface area contributed by atoms with Crippen LogP contribution in [0.3, 0.4) is 0 Å². The van der Waals surface area contributed by atoms with E-state index in [1.54, 1.807) is 0 Å². The number of amides is 1. The van der Waals surface area contributed by atoms with Crippen molar-refractivity contribution in [3.63, 3.8) is 0 Å². The first-order valence-electron chi connectivity index (χ1n) is 8.22. The summed E-state index contributed by atoms with van der Waals surface area (Å²) in [5, 5.41) is 9.00. The number of nitrogens with zero attached hydrogens (tertiary/aromatic N) is 2. The van der Waals surface area contributed by atoms with E-state index in [2.05, 4.69) is 4.99 Å². The second-order valence-electron chi connectivity index (χ2n) is 6.70. The molecule has 2 saturated heterocycles. The number of amidine groups is 1. The Morgan fingerprint density at radius 1 is 1.19 bits per heavy atom. The second kappa shape index (κ2) is 7.03.